The molecule has 0 aromatic carbocycles. The fourth-order valence-electron chi connectivity index (χ4n) is 2.51. The third-order valence-corrected chi connectivity index (χ3v) is 4.69. The average molecular weight is 284 g/mol. The molecule has 1 unspecified atom stereocenters. The molecule has 1 aromatic heterocycles. The van der Waals surface area contributed by atoms with Crippen LogP contribution < -0.4 is 5.46 Å². The highest BCUT2D eigenvalue weighted by atomic mass is 19.3. The molecule has 1 saturated heterocycles. The van der Waals surface area contributed by atoms with Gasteiger partial charge in [0.05, 0.1) is 22.8 Å². The SMILES string of the molecule is Cc1n[nH]c(C2CC2(F)F)c1B1OC(C)(C)C(C)(C)O1. The minimum atomic E-state index is -2.64. The summed E-state index contributed by atoms with van der Waals surface area (Å²) in [5, 5.41) is 6.80. The van der Waals surface area contributed by atoms with Crippen molar-refractivity contribution in [2.45, 2.75) is 64.1 Å². The van der Waals surface area contributed by atoms with Crippen LogP contribution >= 0.6 is 0 Å². The Morgan fingerprint density at radius 1 is 1.20 bits per heavy atom. The first-order valence-corrected chi connectivity index (χ1v) is 6.83. The van der Waals surface area contributed by atoms with E-state index in [1.54, 1.807) is 6.92 Å². The van der Waals surface area contributed by atoms with Crippen LogP contribution in [0.5, 0.6) is 0 Å². The van der Waals surface area contributed by atoms with Crippen molar-refractivity contribution in [1.29, 1.82) is 0 Å². The molecule has 7 heteroatoms. The molecule has 0 spiro atoms. The molecule has 3 rings (SSSR count). The molecule has 1 aliphatic carbocycles. The molecular weight excluding hydrogens is 265 g/mol. The number of nitrogens with one attached hydrogen (secondary N) is 1. The molecule has 1 N–H and O–H groups in total. The van der Waals surface area contributed by atoms with Crippen molar-refractivity contribution in [1.82, 2.24) is 10.2 Å². The Kier molecular flexibility index (Phi) is 2.68. The van der Waals surface area contributed by atoms with E-state index in [2.05, 4.69) is 10.2 Å². The van der Waals surface area contributed by atoms with Crippen LogP contribution in [0.4, 0.5) is 8.78 Å². The van der Waals surface area contributed by atoms with Gasteiger partial charge in [-0.15, -0.1) is 0 Å². The van der Waals surface area contributed by atoms with E-state index in [1.165, 1.54) is 0 Å². The number of aryl methyl sites for hydroxylation is 1. The molecule has 4 nitrogen and oxygen atoms in total. The van der Waals surface area contributed by atoms with E-state index in [1.807, 2.05) is 27.7 Å². The molecule has 20 heavy (non-hydrogen) atoms. The summed E-state index contributed by atoms with van der Waals surface area (Å²) in [5.41, 5.74) is 0.744. The van der Waals surface area contributed by atoms with Gasteiger partial charge in [0, 0.05) is 17.6 Å². The molecular formula is C13H19BF2N2O2. The Balaban J connectivity index is 1.95. The lowest BCUT2D eigenvalue weighted by molar-refractivity contribution is 0.00578. The summed E-state index contributed by atoms with van der Waals surface area (Å²) in [5.74, 6) is -3.44. The normalized spacial score (nSPS) is 29.8. The Hall–Kier alpha value is -0.945. The first-order valence-electron chi connectivity index (χ1n) is 6.83. The van der Waals surface area contributed by atoms with E-state index in [9.17, 15) is 8.78 Å². The van der Waals surface area contributed by atoms with Gasteiger partial charge in [-0.05, 0) is 34.6 Å². The Morgan fingerprint density at radius 3 is 2.15 bits per heavy atom. The Labute approximate surface area is 117 Å². The molecule has 0 radical (unpaired) electrons. The molecule has 1 aromatic rings. The van der Waals surface area contributed by atoms with E-state index in [0.29, 0.717) is 16.9 Å². The van der Waals surface area contributed by atoms with Gasteiger partial charge in [0.1, 0.15) is 0 Å². The monoisotopic (exact) mass is 284 g/mol. The second-order valence-electron chi connectivity index (χ2n) is 6.74. The highest BCUT2D eigenvalue weighted by Crippen LogP contribution is 2.55. The van der Waals surface area contributed by atoms with E-state index in [-0.39, 0.29) is 6.42 Å². The van der Waals surface area contributed by atoms with Crippen LogP contribution in [-0.4, -0.2) is 34.4 Å². The topological polar surface area (TPSA) is 47.1 Å². The minimum absolute atomic E-state index is 0.138. The molecule has 1 atom stereocenters. The zero-order valence-electron chi connectivity index (χ0n) is 12.4. The van der Waals surface area contributed by atoms with Crippen LogP contribution in [-0.2, 0) is 9.31 Å². The zero-order chi connectivity index (χ0) is 14.9. The molecule has 0 amide bonds. The molecule has 0 bridgehead atoms. The lowest BCUT2D eigenvalue weighted by atomic mass is 9.76. The third-order valence-electron chi connectivity index (χ3n) is 4.69. The van der Waals surface area contributed by atoms with Crippen LogP contribution in [0, 0.1) is 6.92 Å². The van der Waals surface area contributed by atoms with E-state index in [0.717, 1.165) is 0 Å². The average Bonchev–Trinajstić information content (AvgIpc) is 2.64. The quantitative estimate of drug-likeness (QED) is 0.846. The molecule has 1 aliphatic heterocycles. The van der Waals surface area contributed by atoms with Gasteiger partial charge in [0.25, 0.3) is 5.92 Å². The number of aromatic nitrogens is 2. The first kappa shape index (κ1) is 14.0. The number of hydrogen-bond acceptors (Lipinski definition) is 3. The first-order chi connectivity index (χ1) is 9.05. The molecule has 2 fully saturated rings. The van der Waals surface area contributed by atoms with E-state index < -0.39 is 30.2 Å². The smallest absolute Gasteiger partial charge is 0.399 e. The van der Waals surface area contributed by atoms with Gasteiger partial charge in [0.15, 0.2) is 0 Å². The van der Waals surface area contributed by atoms with Gasteiger partial charge in [-0.2, -0.15) is 5.10 Å². The number of alkyl halides is 2. The van der Waals surface area contributed by atoms with Gasteiger partial charge in [-0.25, -0.2) is 8.78 Å². The fraction of sp³-hybridized carbons (Fsp3) is 0.769. The summed E-state index contributed by atoms with van der Waals surface area (Å²) >= 11 is 0. The van der Waals surface area contributed by atoms with Crippen molar-refractivity contribution in [2.75, 3.05) is 0 Å². The standard InChI is InChI=1S/C13H19BF2N2O2/c1-7-9(10(18-17-7)8-6-13(8,15)16)14-19-11(2,3)12(4,5)20-14/h8H,6H2,1-5H3,(H,17,18). The van der Waals surface area contributed by atoms with Crippen molar-refractivity contribution >= 4 is 12.6 Å². The Morgan fingerprint density at radius 2 is 1.70 bits per heavy atom. The largest absolute Gasteiger partial charge is 0.498 e. The van der Waals surface area contributed by atoms with Gasteiger partial charge < -0.3 is 9.31 Å². The number of nitrogens with zero attached hydrogens (tertiary/aromatic N) is 1. The lowest BCUT2D eigenvalue weighted by Crippen LogP contribution is -2.41. The number of hydrogen-bond donors (Lipinski definition) is 1. The van der Waals surface area contributed by atoms with Crippen LogP contribution in [0.15, 0.2) is 0 Å². The highest BCUT2D eigenvalue weighted by Gasteiger charge is 2.61. The van der Waals surface area contributed by atoms with Crippen molar-refractivity contribution in [3.63, 3.8) is 0 Å². The molecule has 110 valence electrons. The third kappa shape index (κ3) is 1.90. The minimum Gasteiger partial charge on any atom is -0.399 e. The summed E-state index contributed by atoms with van der Waals surface area (Å²) in [6, 6.07) is 0. The summed E-state index contributed by atoms with van der Waals surface area (Å²) in [6.07, 6.45) is -0.138. The Bertz CT molecular complexity index is 541. The zero-order valence-corrected chi connectivity index (χ0v) is 12.4. The number of rotatable bonds is 2. The summed E-state index contributed by atoms with van der Waals surface area (Å²) in [4.78, 5) is 0. The maximum Gasteiger partial charge on any atom is 0.498 e. The van der Waals surface area contributed by atoms with Crippen molar-refractivity contribution in [3.05, 3.63) is 11.4 Å². The van der Waals surface area contributed by atoms with Crippen LogP contribution in [0.3, 0.4) is 0 Å². The van der Waals surface area contributed by atoms with Crippen LogP contribution in [0.25, 0.3) is 0 Å². The van der Waals surface area contributed by atoms with Gasteiger partial charge in [0.2, 0.25) is 0 Å². The number of halogens is 2. The predicted octanol–water partition coefficient (Wildman–Crippen LogP) is 2.14. The van der Waals surface area contributed by atoms with Gasteiger partial charge in [-0.1, -0.05) is 0 Å². The van der Waals surface area contributed by atoms with Gasteiger partial charge >= 0.3 is 7.12 Å². The highest BCUT2D eigenvalue weighted by molar-refractivity contribution is 6.63. The van der Waals surface area contributed by atoms with E-state index in [4.69, 9.17) is 9.31 Å². The van der Waals surface area contributed by atoms with Crippen molar-refractivity contribution in [3.8, 4) is 0 Å². The molecule has 2 heterocycles. The predicted molar refractivity (Wildman–Crippen MR) is 71.3 cm³/mol. The second-order valence-corrected chi connectivity index (χ2v) is 6.74. The van der Waals surface area contributed by atoms with E-state index >= 15 is 0 Å². The van der Waals surface area contributed by atoms with Gasteiger partial charge in [-0.3, -0.25) is 5.10 Å². The number of H-pyrrole nitrogens is 1. The number of aromatic amines is 1. The van der Waals surface area contributed by atoms with Crippen LogP contribution in [0.2, 0.25) is 0 Å². The summed E-state index contributed by atoms with van der Waals surface area (Å²) in [7, 11) is -0.648. The lowest BCUT2D eigenvalue weighted by Gasteiger charge is -2.32. The molecule has 2 aliphatic rings. The summed E-state index contributed by atoms with van der Waals surface area (Å²) < 4.78 is 38.6. The maximum atomic E-state index is 13.3. The second kappa shape index (κ2) is 3.82. The summed E-state index contributed by atoms with van der Waals surface area (Å²) in [6.45, 7) is 9.53. The maximum absolute atomic E-state index is 13.3. The van der Waals surface area contributed by atoms with Crippen molar-refractivity contribution in [2.24, 2.45) is 0 Å². The van der Waals surface area contributed by atoms with Crippen LogP contribution in [0.1, 0.15) is 51.4 Å². The molecule has 1 saturated carbocycles. The fourth-order valence-corrected chi connectivity index (χ4v) is 2.51. The van der Waals surface area contributed by atoms with Crippen molar-refractivity contribution < 1.29 is 18.1 Å².